The van der Waals surface area contributed by atoms with Crippen molar-refractivity contribution in [1.82, 2.24) is 10.2 Å². The van der Waals surface area contributed by atoms with Gasteiger partial charge in [-0.3, -0.25) is 4.79 Å². The van der Waals surface area contributed by atoms with Gasteiger partial charge >= 0.3 is 12.0 Å². The summed E-state index contributed by atoms with van der Waals surface area (Å²) in [7, 11) is 0. The monoisotopic (exact) mass is 334 g/mol. The standard InChI is InChI=1S/C18H26N2O4/c1-4-24-16-8-6-5-7-15(16)13(3)19-18(23)20-10-12(2)9-14(11-20)17(21)22/h5-8,12-14H,4,9-11H2,1-3H3,(H,19,23)(H,21,22). The van der Waals surface area contributed by atoms with Crippen LogP contribution in [0.1, 0.15) is 38.8 Å². The Hall–Kier alpha value is -2.24. The maximum absolute atomic E-state index is 12.5. The minimum Gasteiger partial charge on any atom is -0.494 e. The van der Waals surface area contributed by atoms with Crippen molar-refractivity contribution in [3.63, 3.8) is 0 Å². The van der Waals surface area contributed by atoms with E-state index in [1.807, 2.05) is 45.0 Å². The number of hydrogen-bond acceptors (Lipinski definition) is 3. The van der Waals surface area contributed by atoms with Gasteiger partial charge < -0.3 is 20.1 Å². The lowest BCUT2D eigenvalue weighted by Crippen LogP contribution is -2.49. The second-order valence-electron chi connectivity index (χ2n) is 6.42. The highest BCUT2D eigenvalue weighted by Gasteiger charge is 2.32. The van der Waals surface area contributed by atoms with Gasteiger partial charge in [0.2, 0.25) is 0 Å². The maximum Gasteiger partial charge on any atom is 0.317 e. The Morgan fingerprint density at radius 3 is 2.75 bits per heavy atom. The third-order valence-corrected chi connectivity index (χ3v) is 4.32. The van der Waals surface area contributed by atoms with E-state index in [0.29, 0.717) is 19.6 Å². The first kappa shape index (κ1) is 18.1. The molecule has 0 aromatic heterocycles. The number of amides is 2. The van der Waals surface area contributed by atoms with Crippen LogP contribution in [0.5, 0.6) is 5.75 Å². The number of nitrogens with zero attached hydrogens (tertiary/aromatic N) is 1. The van der Waals surface area contributed by atoms with Crippen LogP contribution < -0.4 is 10.1 Å². The Kier molecular flexibility index (Phi) is 6.06. The Morgan fingerprint density at radius 2 is 2.08 bits per heavy atom. The van der Waals surface area contributed by atoms with Gasteiger partial charge in [-0.1, -0.05) is 25.1 Å². The number of carbonyl (C=O) groups excluding carboxylic acids is 1. The summed E-state index contributed by atoms with van der Waals surface area (Å²) in [4.78, 5) is 25.4. The SMILES string of the molecule is CCOc1ccccc1C(C)NC(=O)N1CC(C)CC(C(=O)O)C1. The number of nitrogens with one attached hydrogen (secondary N) is 1. The predicted octanol–water partition coefficient (Wildman–Crippen LogP) is 2.90. The number of para-hydroxylation sites is 1. The van der Waals surface area contributed by atoms with Gasteiger partial charge in [-0.2, -0.15) is 0 Å². The summed E-state index contributed by atoms with van der Waals surface area (Å²) < 4.78 is 5.61. The molecule has 1 aliphatic rings. The number of rotatable bonds is 5. The fourth-order valence-corrected chi connectivity index (χ4v) is 3.18. The van der Waals surface area contributed by atoms with E-state index in [2.05, 4.69) is 5.32 Å². The van der Waals surface area contributed by atoms with E-state index in [4.69, 9.17) is 4.74 Å². The largest absolute Gasteiger partial charge is 0.494 e. The molecule has 2 N–H and O–H groups in total. The van der Waals surface area contributed by atoms with E-state index in [9.17, 15) is 14.7 Å². The van der Waals surface area contributed by atoms with Crippen LogP contribution in [-0.2, 0) is 4.79 Å². The average Bonchev–Trinajstić information content (AvgIpc) is 2.54. The van der Waals surface area contributed by atoms with Gasteiger partial charge in [-0.05, 0) is 32.3 Å². The third-order valence-electron chi connectivity index (χ3n) is 4.32. The van der Waals surface area contributed by atoms with Crippen LogP contribution in [0, 0.1) is 11.8 Å². The zero-order chi connectivity index (χ0) is 17.7. The summed E-state index contributed by atoms with van der Waals surface area (Å²) in [5.74, 6) is -0.403. The molecule has 2 amide bonds. The molecule has 132 valence electrons. The molecule has 1 saturated heterocycles. The molecule has 0 radical (unpaired) electrons. The average molecular weight is 334 g/mol. The fourth-order valence-electron chi connectivity index (χ4n) is 3.18. The summed E-state index contributed by atoms with van der Waals surface area (Å²) >= 11 is 0. The second kappa shape index (κ2) is 8.04. The molecule has 1 fully saturated rings. The number of aliphatic carboxylic acids is 1. The van der Waals surface area contributed by atoms with Gasteiger partial charge in [0.25, 0.3) is 0 Å². The lowest BCUT2D eigenvalue weighted by molar-refractivity contribution is -0.143. The van der Waals surface area contributed by atoms with Gasteiger partial charge in [0, 0.05) is 18.7 Å². The van der Waals surface area contributed by atoms with E-state index in [-0.39, 0.29) is 24.5 Å². The lowest BCUT2D eigenvalue weighted by atomic mass is 9.91. The van der Waals surface area contributed by atoms with Crippen LogP contribution in [0.2, 0.25) is 0 Å². The van der Waals surface area contributed by atoms with Crippen molar-refractivity contribution in [2.45, 2.75) is 33.2 Å². The van der Waals surface area contributed by atoms with Crippen molar-refractivity contribution >= 4 is 12.0 Å². The molecule has 0 bridgehead atoms. The zero-order valence-electron chi connectivity index (χ0n) is 14.5. The molecule has 6 heteroatoms. The lowest BCUT2D eigenvalue weighted by Gasteiger charge is -2.35. The molecule has 2 rings (SSSR count). The topological polar surface area (TPSA) is 78.9 Å². The Balaban J connectivity index is 2.04. The Bertz CT molecular complexity index is 590. The minimum atomic E-state index is -0.839. The van der Waals surface area contributed by atoms with Gasteiger partial charge in [-0.25, -0.2) is 4.79 Å². The summed E-state index contributed by atoms with van der Waals surface area (Å²) in [5, 5.41) is 12.2. The molecule has 3 atom stereocenters. The summed E-state index contributed by atoms with van der Waals surface area (Å²) in [6, 6.07) is 7.16. The van der Waals surface area contributed by atoms with Crippen LogP contribution in [0.4, 0.5) is 4.79 Å². The molecular formula is C18H26N2O4. The highest BCUT2D eigenvalue weighted by molar-refractivity contribution is 5.77. The molecule has 6 nitrogen and oxygen atoms in total. The smallest absolute Gasteiger partial charge is 0.317 e. The van der Waals surface area contributed by atoms with Crippen molar-refractivity contribution in [2.75, 3.05) is 19.7 Å². The molecule has 1 heterocycles. The Labute approximate surface area is 142 Å². The van der Waals surface area contributed by atoms with Crippen molar-refractivity contribution in [2.24, 2.45) is 11.8 Å². The first-order valence-electron chi connectivity index (χ1n) is 8.42. The number of ether oxygens (including phenoxy) is 1. The quantitative estimate of drug-likeness (QED) is 0.868. The van der Waals surface area contributed by atoms with Crippen LogP contribution in [0.15, 0.2) is 24.3 Å². The number of hydrogen-bond donors (Lipinski definition) is 2. The van der Waals surface area contributed by atoms with Crippen LogP contribution in [0.25, 0.3) is 0 Å². The molecule has 1 aromatic rings. The number of piperidine rings is 1. The number of likely N-dealkylation sites (tertiary alicyclic amines) is 1. The van der Waals surface area contributed by atoms with E-state index in [0.717, 1.165) is 11.3 Å². The van der Waals surface area contributed by atoms with E-state index in [1.165, 1.54) is 0 Å². The van der Waals surface area contributed by atoms with Crippen molar-refractivity contribution in [3.8, 4) is 5.75 Å². The second-order valence-corrected chi connectivity index (χ2v) is 6.42. The molecule has 1 aromatic carbocycles. The number of benzene rings is 1. The van der Waals surface area contributed by atoms with Crippen LogP contribution >= 0.6 is 0 Å². The first-order valence-corrected chi connectivity index (χ1v) is 8.42. The number of carboxylic acids is 1. The first-order chi connectivity index (χ1) is 11.4. The summed E-state index contributed by atoms with van der Waals surface area (Å²) in [5.41, 5.74) is 0.910. The van der Waals surface area contributed by atoms with Gasteiger partial charge in [-0.15, -0.1) is 0 Å². The Morgan fingerprint density at radius 1 is 1.38 bits per heavy atom. The molecule has 24 heavy (non-hydrogen) atoms. The number of urea groups is 1. The van der Waals surface area contributed by atoms with E-state index in [1.54, 1.807) is 4.90 Å². The van der Waals surface area contributed by atoms with Crippen LogP contribution in [0.3, 0.4) is 0 Å². The van der Waals surface area contributed by atoms with Gasteiger partial charge in [0.05, 0.1) is 18.6 Å². The minimum absolute atomic E-state index is 0.177. The fraction of sp³-hybridized carbons (Fsp3) is 0.556. The molecular weight excluding hydrogens is 308 g/mol. The summed E-state index contributed by atoms with van der Waals surface area (Å²) in [6.45, 7) is 7.19. The third kappa shape index (κ3) is 4.40. The summed E-state index contributed by atoms with van der Waals surface area (Å²) in [6.07, 6.45) is 0.613. The van der Waals surface area contributed by atoms with Gasteiger partial charge in [0.15, 0.2) is 0 Å². The highest BCUT2D eigenvalue weighted by Crippen LogP contribution is 2.26. The van der Waals surface area contributed by atoms with Crippen molar-refractivity contribution < 1.29 is 19.4 Å². The van der Waals surface area contributed by atoms with Crippen LogP contribution in [-0.4, -0.2) is 41.7 Å². The maximum atomic E-state index is 12.5. The molecule has 1 aliphatic heterocycles. The molecule has 3 unspecified atom stereocenters. The van der Waals surface area contributed by atoms with E-state index >= 15 is 0 Å². The molecule has 0 saturated carbocycles. The van der Waals surface area contributed by atoms with Gasteiger partial charge in [0.1, 0.15) is 5.75 Å². The van der Waals surface area contributed by atoms with E-state index < -0.39 is 11.9 Å². The molecule has 0 spiro atoms. The number of carboxylic acid groups (broad SMARTS) is 1. The normalized spacial score (nSPS) is 21.9. The zero-order valence-corrected chi connectivity index (χ0v) is 14.5. The van der Waals surface area contributed by atoms with Crippen molar-refractivity contribution in [1.29, 1.82) is 0 Å². The molecule has 0 aliphatic carbocycles. The van der Waals surface area contributed by atoms with Crippen molar-refractivity contribution in [3.05, 3.63) is 29.8 Å². The number of carbonyl (C=O) groups is 2. The highest BCUT2D eigenvalue weighted by atomic mass is 16.5. The predicted molar refractivity (Wildman–Crippen MR) is 91.0 cm³/mol.